The number of thiophene rings is 1. The van der Waals surface area contributed by atoms with Crippen LogP contribution in [-0.4, -0.2) is 18.9 Å². The highest BCUT2D eigenvalue weighted by Gasteiger charge is 2.42. The van der Waals surface area contributed by atoms with Crippen LogP contribution in [0.4, 0.5) is 11.4 Å². The molecule has 1 fully saturated rings. The van der Waals surface area contributed by atoms with E-state index in [1.807, 2.05) is 72.3 Å². The summed E-state index contributed by atoms with van der Waals surface area (Å²) in [5.41, 5.74) is 3.51. The zero-order valence-corrected chi connectivity index (χ0v) is 17.8. The molecule has 0 spiro atoms. The highest BCUT2D eigenvalue weighted by molar-refractivity contribution is 7.08. The number of nitrogens with one attached hydrogen (secondary N) is 1. The number of para-hydroxylation sites is 1. The van der Waals surface area contributed by atoms with Crippen molar-refractivity contribution in [3.05, 3.63) is 76.5 Å². The summed E-state index contributed by atoms with van der Waals surface area (Å²) in [6.07, 6.45) is 0.807. The van der Waals surface area contributed by atoms with Gasteiger partial charge in [0.05, 0.1) is 24.8 Å². The molecule has 4 rings (SSSR count). The summed E-state index contributed by atoms with van der Waals surface area (Å²) in [7, 11) is 1.61. The molecule has 2 unspecified atom stereocenters. The van der Waals surface area contributed by atoms with E-state index in [-0.39, 0.29) is 11.8 Å². The van der Waals surface area contributed by atoms with Gasteiger partial charge in [0.15, 0.2) is 0 Å². The van der Waals surface area contributed by atoms with E-state index in [2.05, 4.69) is 5.32 Å². The summed E-state index contributed by atoms with van der Waals surface area (Å²) in [4.78, 5) is 28.2. The van der Waals surface area contributed by atoms with Crippen LogP contribution in [0.2, 0.25) is 0 Å². The lowest BCUT2D eigenvalue weighted by molar-refractivity contribution is -0.125. The maximum absolute atomic E-state index is 13.3. The van der Waals surface area contributed by atoms with Gasteiger partial charge in [0.1, 0.15) is 5.75 Å². The fourth-order valence-corrected chi connectivity index (χ4v) is 4.60. The lowest BCUT2D eigenvalue weighted by Gasteiger charge is -2.41. The molecule has 3 aromatic rings. The van der Waals surface area contributed by atoms with Gasteiger partial charge in [0.2, 0.25) is 11.8 Å². The minimum Gasteiger partial charge on any atom is -0.496 e. The number of rotatable bonds is 5. The summed E-state index contributed by atoms with van der Waals surface area (Å²) in [6.45, 7) is 2.01. The van der Waals surface area contributed by atoms with Gasteiger partial charge in [-0.1, -0.05) is 35.9 Å². The van der Waals surface area contributed by atoms with Gasteiger partial charge in [0, 0.05) is 23.1 Å². The number of hydrogen-bond acceptors (Lipinski definition) is 4. The number of benzene rings is 2. The van der Waals surface area contributed by atoms with Crippen LogP contribution in [0.3, 0.4) is 0 Å². The summed E-state index contributed by atoms with van der Waals surface area (Å²) >= 11 is 1.53. The Labute approximate surface area is 180 Å². The molecule has 2 atom stereocenters. The number of nitrogens with zero attached hydrogens (tertiary/aromatic N) is 1. The van der Waals surface area contributed by atoms with E-state index in [9.17, 15) is 9.59 Å². The first-order chi connectivity index (χ1) is 14.6. The summed E-state index contributed by atoms with van der Waals surface area (Å²) < 4.78 is 5.60. The number of aryl methyl sites for hydroxylation is 1. The van der Waals surface area contributed by atoms with Crippen LogP contribution in [0, 0.1) is 12.8 Å². The monoisotopic (exact) mass is 420 g/mol. The molecule has 30 heavy (non-hydrogen) atoms. The Kier molecular flexibility index (Phi) is 5.86. The SMILES string of the molecule is COc1ccccc1C1C(C(=O)Nc2ccsc2)CCC(=O)N1c1ccc(C)cc1. The number of carbonyl (C=O) groups is 2. The lowest BCUT2D eigenvalue weighted by atomic mass is 9.82. The number of ether oxygens (including phenoxy) is 1. The van der Waals surface area contributed by atoms with Crippen molar-refractivity contribution in [2.24, 2.45) is 5.92 Å². The predicted molar refractivity (Wildman–Crippen MR) is 120 cm³/mol. The van der Waals surface area contributed by atoms with Crippen LogP contribution >= 0.6 is 11.3 Å². The first kappa shape index (κ1) is 20.2. The van der Waals surface area contributed by atoms with Crippen molar-refractivity contribution < 1.29 is 14.3 Å². The van der Waals surface area contributed by atoms with E-state index in [4.69, 9.17) is 4.74 Å². The molecular weight excluding hydrogens is 396 g/mol. The molecule has 1 saturated heterocycles. The second kappa shape index (κ2) is 8.71. The Morgan fingerprint density at radius 2 is 1.90 bits per heavy atom. The molecule has 1 aliphatic rings. The third-order valence-corrected chi connectivity index (χ3v) is 6.18. The van der Waals surface area contributed by atoms with Gasteiger partial charge < -0.3 is 15.0 Å². The zero-order valence-electron chi connectivity index (χ0n) is 17.0. The van der Waals surface area contributed by atoms with Crippen molar-refractivity contribution >= 4 is 34.5 Å². The Morgan fingerprint density at radius 3 is 2.60 bits per heavy atom. The number of methoxy groups -OCH3 is 1. The fraction of sp³-hybridized carbons (Fsp3) is 0.250. The molecule has 1 N–H and O–H groups in total. The van der Waals surface area contributed by atoms with Gasteiger partial charge in [-0.25, -0.2) is 0 Å². The van der Waals surface area contributed by atoms with E-state index in [1.165, 1.54) is 11.3 Å². The largest absolute Gasteiger partial charge is 0.496 e. The zero-order chi connectivity index (χ0) is 21.1. The topological polar surface area (TPSA) is 58.6 Å². The third kappa shape index (κ3) is 3.96. The second-order valence-electron chi connectivity index (χ2n) is 7.43. The van der Waals surface area contributed by atoms with E-state index in [1.54, 1.807) is 12.0 Å². The molecule has 5 nitrogen and oxygen atoms in total. The highest BCUT2D eigenvalue weighted by Crippen LogP contribution is 2.43. The number of amides is 2. The smallest absolute Gasteiger partial charge is 0.229 e. The lowest BCUT2D eigenvalue weighted by Crippen LogP contribution is -2.47. The van der Waals surface area contributed by atoms with Crippen molar-refractivity contribution in [1.29, 1.82) is 0 Å². The van der Waals surface area contributed by atoms with Crippen molar-refractivity contribution in [2.45, 2.75) is 25.8 Å². The maximum Gasteiger partial charge on any atom is 0.229 e. The molecule has 6 heteroatoms. The van der Waals surface area contributed by atoms with E-state index < -0.39 is 12.0 Å². The minimum atomic E-state index is -0.455. The Balaban J connectivity index is 1.79. The van der Waals surface area contributed by atoms with Crippen LogP contribution in [-0.2, 0) is 9.59 Å². The summed E-state index contributed by atoms with van der Waals surface area (Å²) in [5.74, 6) is 0.186. The quantitative estimate of drug-likeness (QED) is 0.618. The van der Waals surface area contributed by atoms with Crippen LogP contribution in [0.15, 0.2) is 65.4 Å². The van der Waals surface area contributed by atoms with Crippen LogP contribution in [0.25, 0.3) is 0 Å². The number of piperidine rings is 1. The number of hydrogen-bond donors (Lipinski definition) is 1. The average molecular weight is 421 g/mol. The van der Waals surface area contributed by atoms with E-state index >= 15 is 0 Å². The maximum atomic E-state index is 13.3. The molecular formula is C24H24N2O3S. The number of carbonyl (C=O) groups excluding carboxylic acids is 2. The standard InChI is InChI=1S/C24H24N2O3S/c1-16-7-9-18(10-8-16)26-22(27)12-11-20(24(28)25-17-13-14-30-15-17)23(26)19-5-3-4-6-21(19)29-2/h3-10,13-15,20,23H,11-12H2,1-2H3,(H,25,28). The van der Waals surface area contributed by atoms with Gasteiger partial charge in [0.25, 0.3) is 0 Å². The highest BCUT2D eigenvalue weighted by atomic mass is 32.1. The number of anilines is 2. The molecule has 1 aliphatic heterocycles. The normalized spacial score (nSPS) is 18.9. The Bertz CT molecular complexity index is 1030. The first-order valence-electron chi connectivity index (χ1n) is 9.93. The van der Waals surface area contributed by atoms with Gasteiger partial charge in [-0.05, 0) is 43.0 Å². The minimum absolute atomic E-state index is 0.00865. The van der Waals surface area contributed by atoms with E-state index in [0.717, 1.165) is 22.5 Å². The van der Waals surface area contributed by atoms with Gasteiger partial charge in [-0.3, -0.25) is 9.59 Å². The molecule has 1 aromatic heterocycles. The van der Waals surface area contributed by atoms with E-state index in [0.29, 0.717) is 18.6 Å². The summed E-state index contributed by atoms with van der Waals surface area (Å²) in [6, 6.07) is 16.9. The Morgan fingerprint density at radius 1 is 1.13 bits per heavy atom. The molecule has 0 bridgehead atoms. The van der Waals surface area contributed by atoms with Gasteiger partial charge in [-0.2, -0.15) is 11.3 Å². The first-order valence-corrected chi connectivity index (χ1v) is 10.9. The fourth-order valence-electron chi connectivity index (χ4n) is 4.01. The molecule has 0 aliphatic carbocycles. The molecule has 0 radical (unpaired) electrons. The predicted octanol–water partition coefficient (Wildman–Crippen LogP) is 5.19. The van der Waals surface area contributed by atoms with Crippen molar-refractivity contribution in [3.8, 4) is 5.75 Å². The average Bonchev–Trinajstić information content (AvgIpc) is 3.27. The molecule has 154 valence electrons. The van der Waals surface area contributed by atoms with Gasteiger partial charge in [-0.15, -0.1) is 0 Å². The molecule has 2 heterocycles. The second-order valence-corrected chi connectivity index (χ2v) is 8.21. The van der Waals surface area contributed by atoms with Crippen LogP contribution in [0.5, 0.6) is 5.75 Å². The van der Waals surface area contributed by atoms with Crippen molar-refractivity contribution in [2.75, 3.05) is 17.3 Å². The third-order valence-electron chi connectivity index (χ3n) is 5.49. The van der Waals surface area contributed by atoms with Crippen molar-refractivity contribution in [3.63, 3.8) is 0 Å². The molecule has 2 aromatic carbocycles. The summed E-state index contributed by atoms with van der Waals surface area (Å²) in [5, 5.41) is 6.85. The molecule has 2 amide bonds. The Hall–Kier alpha value is -3.12. The van der Waals surface area contributed by atoms with Crippen LogP contribution in [0.1, 0.15) is 30.0 Å². The van der Waals surface area contributed by atoms with Crippen molar-refractivity contribution in [1.82, 2.24) is 0 Å². The van der Waals surface area contributed by atoms with Crippen LogP contribution < -0.4 is 15.0 Å². The molecule has 0 saturated carbocycles. The van der Waals surface area contributed by atoms with Gasteiger partial charge >= 0.3 is 0 Å².